The Morgan fingerprint density at radius 3 is 2.42 bits per heavy atom. The van der Waals surface area contributed by atoms with Gasteiger partial charge in [0.15, 0.2) is 5.69 Å². The molecule has 1 N–H and O–H groups in total. The van der Waals surface area contributed by atoms with Crippen LogP contribution in [0.3, 0.4) is 0 Å². The highest BCUT2D eigenvalue weighted by atomic mass is 32.1. The van der Waals surface area contributed by atoms with Crippen molar-refractivity contribution in [2.24, 2.45) is 0 Å². The van der Waals surface area contributed by atoms with Crippen LogP contribution in [0.1, 0.15) is 11.4 Å². The highest BCUT2D eigenvalue weighted by Gasteiger charge is 2.05. The van der Waals surface area contributed by atoms with Crippen LogP contribution in [0.4, 0.5) is 0 Å². The zero-order valence-electron chi connectivity index (χ0n) is 5.70. The third kappa shape index (κ3) is 1.29. The van der Waals surface area contributed by atoms with Gasteiger partial charge in [0.1, 0.15) is 17.2 Å². The highest BCUT2D eigenvalue weighted by molar-refractivity contribution is 7.80. The topological polar surface area (TPSA) is 93.3 Å². The molecule has 58 valence electrons. The van der Waals surface area contributed by atoms with Crippen molar-refractivity contribution in [2.75, 3.05) is 0 Å². The fourth-order valence-electron chi connectivity index (χ4n) is 0.595. The van der Waals surface area contributed by atoms with Crippen LogP contribution in [0.15, 0.2) is 9.82 Å². The van der Waals surface area contributed by atoms with Crippen molar-refractivity contribution < 1.29 is 0 Å². The average Bonchev–Trinajstić information content (AvgIpc) is 2.05. The smallest absolute Gasteiger partial charge is 0.285 e. The second kappa shape index (κ2) is 3.07. The number of aromatic nitrogens is 2. The Kier molecular flexibility index (Phi) is 2.13. The lowest BCUT2D eigenvalue weighted by atomic mass is 10.4. The van der Waals surface area contributed by atoms with E-state index in [4.69, 9.17) is 10.5 Å². The lowest BCUT2D eigenvalue weighted by Crippen LogP contribution is -2.14. The molecule has 1 heterocycles. The Morgan fingerprint density at radius 1 is 1.33 bits per heavy atom. The second-order valence-corrected chi connectivity index (χ2v) is 2.28. The molecule has 0 fully saturated rings. The molecule has 0 bridgehead atoms. The minimum Gasteiger partial charge on any atom is -0.312 e. The van der Waals surface area contributed by atoms with E-state index in [1.807, 2.05) is 0 Å². The third-order valence-corrected chi connectivity index (χ3v) is 1.43. The molecule has 0 radical (unpaired) electrons. The van der Waals surface area contributed by atoms with Crippen LogP contribution in [0, 0.1) is 22.7 Å². The number of nitrogens with zero attached hydrogens (tertiary/aromatic N) is 3. The first-order valence-electron chi connectivity index (χ1n) is 2.82. The normalized spacial score (nSPS) is 8.58. The summed E-state index contributed by atoms with van der Waals surface area (Å²) < 4.78 is 0. The molecule has 12 heavy (non-hydrogen) atoms. The zero-order chi connectivity index (χ0) is 9.14. The van der Waals surface area contributed by atoms with Gasteiger partial charge in [-0.1, -0.05) is 0 Å². The largest absolute Gasteiger partial charge is 0.312 e. The number of nitrogens with one attached hydrogen (secondary N) is 1. The minimum atomic E-state index is -0.638. The van der Waals surface area contributed by atoms with E-state index in [1.54, 1.807) is 12.1 Å². The van der Waals surface area contributed by atoms with Gasteiger partial charge in [0, 0.05) is 0 Å². The van der Waals surface area contributed by atoms with Gasteiger partial charge < -0.3 is 4.98 Å². The van der Waals surface area contributed by atoms with Crippen molar-refractivity contribution >= 4 is 12.6 Å². The van der Waals surface area contributed by atoms with E-state index in [1.165, 1.54) is 0 Å². The quantitative estimate of drug-likeness (QED) is 0.538. The van der Waals surface area contributed by atoms with Gasteiger partial charge >= 0.3 is 0 Å². The van der Waals surface area contributed by atoms with E-state index in [9.17, 15) is 4.79 Å². The summed E-state index contributed by atoms with van der Waals surface area (Å²) in [6.45, 7) is 0. The molecular weight excluding hydrogens is 176 g/mol. The minimum absolute atomic E-state index is 0.0607. The Balaban J connectivity index is 3.54. The van der Waals surface area contributed by atoms with Crippen molar-refractivity contribution in [3.63, 3.8) is 0 Å². The van der Waals surface area contributed by atoms with E-state index in [-0.39, 0.29) is 16.4 Å². The maximum absolute atomic E-state index is 10.8. The molecule has 1 rings (SSSR count). The monoisotopic (exact) mass is 178 g/mol. The number of thiol groups is 1. The number of hydrogen-bond donors (Lipinski definition) is 2. The molecule has 1 aromatic heterocycles. The Bertz CT molecular complexity index is 450. The number of H-pyrrole nitrogens is 1. The number of nitriles is 2. The fraction of sp³-hybridized carbons (Fsp3) is 0. The summed E-state index contributed by atoms with van der Waals surface area (Å²) in [6.07, 6.45) is 0. The predicted molar refractivity (Wildman–Crippen MR) is 41.5 cm³/mol. The van der Waals surface area contributed by atoms with Gasteiger partial charge in [-0.15, -0.1) is 12.6 Å². The van der Waals surface area contributed by atoms with E-state index in [2.05, 4.69) is 22.6 Å². The molecular formula is C6H2N4OS. The van der Waals surface area contributed by atoms with Crippen molar-refractivity contribution in [1.82, 2.24) is 9.97 Å². The molecule has 0 spiro atoms. The van der Waals surface area contributed by atoms with Crippen LogP contribution in [0.2, 0.25) is 0 Å². The van der Waals surface area contributed by atoms with Crippen LogP contribution >= 0.6 is 12.6 Å². The maximum Gasteiger partial charge on any atom is 0.285 e. The molecule has 0 atom stereocenters. The van der Waals surface area contributed by atoms with Gasteiger partial charge in [-0.2, -0.15) is 10.5 Å². The zero-order valence-corrected chi connectivity index (χ0v) is 6.59. The van der Waals surface area contributed by atoms with E-state index in [0.717, 1.165) is 0 Å². The van der Waals surface area contributed by atoms with E-state index in [0.29, 0.717) is 0 Å². The Morgan fingerprint density at radius 2 is 1.92 bits per heavy atom. The molecule has 0 aliphatic heterocycles. The van der Waals surface area contributed by atoms with Gasteiger partial charge in [0.2, 0.25) is 5.69 Å². The van der Waals surface area contributed by atoms with Crippen molar-refractivity contribution in [3.05, 3.63) is 21.7 Å². The second-order valence-electron chi connectivity index (χ2n) is 1.84. The molecule has 0 aliphatic carbocycles. The number of hydrogen-bond acceptors (Lipinski definition) is 5. The molecule has 0 saturated carbocycles. The Hall–Kier alpha value is -1.79. The molecule has 0 amide bonds. The molecule has 5 nitrogen and oxygen atoms in total. The number of aromatic amines is 1. The molecule has 6 heteroatoms. The van der Waals surface area contributed by atoms with Crippen LogP contribution in [-0.2, 0) is 0 Å². The predicted octanol–water partition coefficient (Wildman–Crippen LogP) is -0.198. The standard InChI is InChI=1S/C6H2N4OS/c7-1-3-5(11)10-6(12)4(2-8)9-3/h(H2,10,11,12). The van der Waals surface area contributed by atoms with Gasteiger partial charge in [-0.25, -0.2) is 4.98 Å². The summed E-state index contributed by atoms with van der Waals surface area (Å²) >= 11 is 3.78. The van der Waals surface area contributed by atoms with Gasteiger partial charge in [-0.05, 0) is 0 Å². The van der Waals surface area contributed by atoms with Crippen molar-refractivity contribution in [3.8, 4) is 12.1 Å². The van der Waals surface area contributed by atoms with Crippen LogP contribution < -0.4 is 5.56 Å². The first kappa shape index (κ1) is 8.31. The summed E-state index contributed by atoms with van der Waals surface area (Å²) in [5.74, 6) is 0. The molecule has 0 unspecified atom stereocenters. The van der Waals surface area contributed by atoms with Crippen molar-refractivity contribution in [1.29, 1.82) is 10.5 Å². The molecule has 0 aliphatic rings. The lowest BCUT2D eigenvalue weighted by Gasteiger charge is -1.93. The summed E-state index contributed by atoms with van der Waals surface area (Å²) in [5.41, 5.74) is -1.03. The maximum atomic E-state index is 10.8. The van der Waals surface area contributed by atoms with Gasteiger partial charge in [0.05, 0.1) is 0 Å². The average molecular weight is 178 g/mol. The summed E-state index contributed by atoms with van der Waals surface area (Å²) in [7, 11) is 0. The molecule has 1 aromatic rings. The molecule has 0 saturated heterocycles. The van der Waals surface area contributed by atoms with Crippen LogP contribution in [0.25, 0.3) is 0 Å². The SMILES string of the molecule is N#Cc1nc(C#N)c(=O)[nH]c1S. The van der Waals surface area contributed by atoms with Crippen LogP contribution in [-0.4, -0.2) is 9.97 Å². The third-order valence-electron chi connectivity index (χ3n) is 1.11. The number of rotatable bonds is 0. The van der Waals surface area contributed by atoms with Gasteiger partial charge in [0.25, 0.3) is 5.56 Å². The summed E-state index contributed by atoms with van der Waals surface area (Å²) in [6, 6.07) is 3.25. The fourth-order valence-corrected chi connectivity index (χ4v) is 0.797. The van der Waals surface area contributed by atoms with E-state index >= 15 is 0 Å². The summed E-state index contributed by atoms with van der Waals surface area (Å²) in [4.78, 5) is 16.5. The van der Waals surface area contributed by atoms with Crippen molar-refractivity contribution in [2.45, 2.75) is 5.03 Å². The highest BCUT2D eigenvalue weighted by Crippen LogP contribution is 2.02. The Labute approximate surface area is 72.7 Å². The molecule has 0 aromatic carbocycles. The van der Waals surface area contributed by atoms with Gasteiger partial charge in [-0.3, -0.25) is 4.79 Å². The lowest BCUT2D eigenvalue weighted by molar-refractivity contribution is 0.972. The summed E-state index contributed by atoms with van der Waals surface area (Å²) in [5, 5.41) is 16.9. The first-order chi connectivity index (χ1) is 5.69. The van der Waals surface area contributed by atoms with Crippen LogP contribution in [0.5, 0.6) is 0 Å². The first-order valence-corrected chi connectivity index (χ1v) is 3.27. The van der Waals surface area contributed by atoms with E-state index < -0.39 is 5.56 Å².